The zero-order valence-corrected chi connectivity index (χ0v) is 11.9. The fourth-order valence-corrected chi connectivity index (χ4v) is 2.44. The molecule has 0 spiro atoms. The van der Waals surface area contributed by atoms with E-state index in [2.05, 4.69) is 0 Å². The maximum absolute atomic E-state index is 12.7. The molecule has 2 rings (SSSR count). The highest BCUT2D eigenvalue weighted by molar-refractivity contribution is 6.04. The molecular weight excluding hydrogens is 286 g/mol. The summed E-state index contributed by atoms with van der Waals surface area (Å²) < 4.78 is 5.30. The van der Waals surface area contributed by atoms with Crippen LogP contribution in [0.2, 0.25) is 0 Å². The number of carboxylic acids is 1. The van der Waals surface area contributed by atoms with Crippen molar-refractivity contribution in [3.63, 3.8) is 0 Å². The van der Waals surface area contributed by atoms with E-state index in [1.807, 2.05) is 0 Å². The maximum atomic E-state index is 12.7. The van der Waals surface area contributed by atoms with Gasteiger partial charge in [-0.25, -0.2) is 0 Å². The molecule has 0 radical (unpaired) electrons. The van der Waals surface area contributed by atoms with Gasteiger partial charge in [-0.15, -0.1) is 0 Å². The number of carbonyl (C=O) groups is 3. The lowest BCUT2D eigenvalue weighted by Gasteiger charge is -2.20. The van der Waals surface area contributed by atoms with Crippen molar-refractivity contribution in [2.24, 2.45) is 11.7 Å². The van der Waals surface area contributed by atoms with Crippen LogP contribution in [0.15, 0.2) is 46.6 Å². The summed E-state index contributed by atoms with van der Waals surface area (Å²) in [6.07, 6.45) is 6.23. The number of carbonyl (C=O) groups excluding carboxylic acids is 2. The first-order valence-corrected chi connectivity index (χ1v) is 6.95. The molecule has 1 aromatic rings. The van der Waals surface area contributed by atoms with Gasteiger partial charge in [0.1, 0.15) is 17.6 Å². The van der Waals surface area contributed by atoms with E-state index in [4.69, 9.17) is 10.2 Å². The van der Waals surface area contributed by atoms with Crippen molar-refractivity contribution >= 4 is 17.5 Å². The van der Waals surface area contributed by atoms with Crippen LogP contribution in [0.5, 0.6) is 0 Å². The predicted molar refractivity (Wildman–Crippen MR) is 78.1 cm³/mol. The third-order valence-electron chi connectivity index (χ3n) is 3.54. The van der Waals surface area contributed by atoms with Crippen molar-refractivity contribution in [3.05, 3.63) is 48.0 Å². The van der Waals surface area contributed by atoms with Gasteiger partial charge in [0.15, 0.2) is 11.6 Å². The molecule has 0 aromatic carbocycles. The topological polar surface area (TPSA) is 111 Å². The molecule has 116 valence electrons. The summed E-state index contributed by atoms with van der Waals surface area (Å²) in [5.41, 5.74) is 5.98. The van der Waals surface area contributed by atoms with Gasteiger partial charge in [0, 0.05) is 6.42 Å². The van der Waals surface area contributed by atoms with E-state index in [0.717, 1.165) is 0 Å². The molecule has 1 aliphatic carbocycles. The Bertz CT molecular complexity index is 627. The number of rotatable bonds is 7. The largest absolute Gasteiger partial charge is 0.481 e. The van der Waals surface area contributed by atoms with Gasteiger partial charge in [0.25, 0.3) is 0 Å². The summed E-state index contributed by atoms with van der Waals surface area (Å²) in [4.78, 5) is 35.3. The minimum absolute atomic E-state index is 0.0568. The Morgan fingerprint density at radius 1 is 1.36 bits per heavy atom. The summed E-state index contributed by atoms with van der Waals surface area (Å²) in [7, 11) is 0. The molecule has 0 bridgehead atoms. The smallest absolute Gasteiger partial charge is 0.314 e. The SMILES string of the molecule is NCCC(C(=O)O)C(=O)C(C1=CCC(=O)C=C1)c1ccco1. The van der Waals surface area contributed by atoms with Crippen LogP contribution in [0.1, 0.15) is 24.5 Å². The fraction of sp³-hybridized carbons (Fsp3) is 0.312. The van der Waals surface area contributed by atoms with Crippen molar-refractivity contribution in [1.82, 2.24) is 0 Å². The van der Waals surface area contributed by atoms with E-state index in [-0.39, 0.29) is 25.2 Å². The van der Waals surface area contributed by atoms with E-state index in [0.29, 0.717) is 11.3 Å². The summed E-state index contributed by atoms with van der Waals surface area (Å²) in [6, 6.07) is 3.25. The lowest BCUT2D eigenvalue weighted by atomic mass is 9.82. The van der Waals surface area contributed by atoms with Crippen LogP contribution in [0.4, 0.5) is 0 Å². The first-order chi connectivity index (χ1) is 10.5. The Balaban J connectivity index is 2.37. The lowest BCUT2D eigenvalue weighted by Crippen LogP contribution is -2.31. The van der Waals surface area contributed by atoms with Gasteiger partial charge >= 0.3 is 5.97 Å². The fourth-order valence-electron chi connectivity index (χ4n) is 2.44. The number of hydrogen-bond donors (Lipinski definition) is 2. The average molecular weight is 303 g/mol. The number of allylic oxidation sites excluding steroid dienone is 4. The van der Waals surface area contributed by atoms with Crippen molar-refractivity contribution in [2.75, 3.05) is 6.54 Å². The molecule has 0 fully saturated rings. The van der Waals surface area contributed by atoms with Crippen molar-refractivity contribution < 1.29 is 23.9 Å². The Kier molecular flexibility index (Phi) is 5.06. The Morgan fingerprint density at radius 2 is 2.14 bits per heavy atom. The molecule has 1 aliphatic rings. The molecule has 0 saturated heterocycles. The van der Waals surface area contributed by atoms with Crippen LogP contribution in [0, 0.1) is 5.92 Å². The number of carboxylic acid groups (broad SMARTS) is 1. The van der Waals surface area contributed by atoms with Crippen LogP contribution >= 0.6 is 0 Å². The number of Topliss-reactive ketones (excluding diaryl/α,β-unsaturated/α-hetero) is 1. The lowest BCUT2D eigenvalue weighted by molar-refractivity contribution is -0.146. The normalized spacial score (nSPS) is 17.0. The van der Waals surface area contributed by atoms with E-state index >= 15 is 0 Å². The summed E-state index contributed by atoms with van der Waals surface area (Å²) in [6.45, 7) is 0.0982. The van der Waals surface area contributed by atoms with Crippen LogP contribution in [-0.4, -0.2) is 29.2 Å². The van der Waals surface area contributed by atoms with Gasteiger partial charge in [-0.2, -0.15) is 0 Å². The second kappa shape index (κ2) is 7.00. The van der Waals surface area contributed by atoms with Gasteiger partial charge in [0.05, 0.1) is 6.26 Å². The molecule has 1 aromatic heterocycles. The highest BCUT2D eigenvalue weighted by Crippen LogP contribution is 2.32. The van der Waals surface area contributed by atoms with E-state index in [9.17, 15) is 19.5 Å². The highest BCUT2D eigenvalue weighted by atomic mass is 16.4. The van der Waals surface area contributed by atoms with E-state index in [1.165, 1.54) is 18.4 Å². The van der Waals surface area contributed by atoms with Gasteiger partial charge in [-0.3, -0.25) is 14.4 Å². The zero-order chi connectivity index (χ0) is 16.1. The molecule has 1 heterocycles. The molecule has 6 nitrogen and oxygen atoms in total. The summed E-state index contributed by atoms with van der Waals surface area (Å²) >= 11 is 0. The third-order valence-corrected chi connectivity index (χ3v) is 3.54. The minimum Gasteiger partial charge on any atom is -0.481 e. The van der Waals surface area contributed by atoms with E-state index < -0.39 is 23.6 Å². The number of furan rings is 1. The molecule has 22 heavy (non-hydrogen) atoms. The molecule has 0 amide bonds. The predicted octanol–water partition coefficient (Wildman–Crippen LogP) is 1.44. The number of aliphatic carboxylic acids is 1. The Labute approximate surface area is 127 Å². The standard InChI is InChI=1S/C16H17NO5/c17-8-7-12(16(20)21)15(19)14(13-2-1-9-22-13)10-3-5-11(18)6-4-10/h1-5,9,12,14H,6-8,17H2,(H,20,21). The summed E-state index contributed by atoms with van der Waals surface area (Å²) in [5, 5.41) is 9.26. The van der Waals surface area contributed by atoms with Crippen molar-refractivity contribution in [2.45, 2.75) is 18.8 Å². The van der Waals surface area contributed by atoms with Gasteiger partial charge in [-0.1, -0.05) is 12.2 Å². The number of nitrogens with two attached hydrogens (primary N) is 1. The van der Waals surface area contributed by atoms with E-state index in [1.54, 1.807) is 18.2 Å². The molecular formula is C16H17NO5. The Hall–Kier alpha value is -2.47. The second-order valence-corrected chi connectivity index (χ2v) is 5.03. The van der Waals surface area contributed by atoms with Gasteiger partial charge in [-0.05, 0) is 36.7 Å². The molecule has 2 atom stereocenters. The van der Waals surface area contributed by atoms with Gasteiger partial charge < -0.3 is 15.3 Å². The third kappa shape index (κ3) is 3.40. The second-order valence-electron chi connectivity index (χ2n) is 5.03. The molecule has 0 aliphatic heterocycles. The van der Waals surface area contributed by atoms with Crippen LogP contribution in [0.3, 0.4) is 0 Å². The van der Waals surface area contributed by atoms with Crippen LogP contribution in [-0.2, 0) is 14.4 Å². The summed E-state index contributed by atoms with van der Waals surface area (Å²) in [5.74, 6) is -3.44. The highest BCUT2D eigenvalue weighted by Gasteiger charge is 2.36. The zero-order valence-electron chi connectivity index (χ0n) is 11.9. The maximum Gasteiger partial charge on any atom is 0.314 e. The van der Waals surface area contributed by atoms with Crippen molar-refractivity contribution in [3.8, 4) is 0 Å². The van der Waals surface area contributed by atoms with Crippen molar-refractivity contribution in [1.29, 1.82) is 0 Å². The quantitative estimate of drug-likeness (QED) is 0.737. The molecule has 2 unspecified atom stereocenters. The number of hydrogen-bond acceptors (Lipinski definition) is 5. The minimum atomic E-state index is -1.21. The van der Waals surface area contributed by atoms with Crippen LogP contribution in [0.25, 0.3) is 0 Å². The van der Waals surface area contributed by atoms with Crippen LogP contribution < -0.4 is 5.73 Å². The monoisotopic (exact) mass is 303 g/mol. The average Bonchev–Trinajstić information content (AvgIpc) is 3.00. The van der Waals surface area contributed by atoms with Gasteiger partial charge in [0.2, 0.25) is 0 Å². The molecule has 6 heteroatoms. The first kappa shape index (κ1) is 15.9. The molecule has 3 N–H and O–H groups in total. The molecule has 0 saturated carbocycles. The number of ketones is 2. The first-order valence-electron chi connectivity index (χ1n) is 6.95. The Morgan fingerprint density at radius 3 is 2.64 bits per heavy atom.